The van der Waals surface area contributed by atoms with E-state index in [1.165, 1.54) is 6.42 Å². The van der Waals surface area contributed by atoms with E-state index in [9.17, 15) is 5.11 Å². The highest BCUT2D eigenvalue weighted by molar-refractivity contribution is 4.83. The lowest BCUT2D eigenvalue weighted by atomic mass is 9.69. The second-order valence-corrected chi connectivity index (χ2v) is 4.32. The second kappa shape index (κ2) is 2.54. The molecule has 2 unspecified atom stereocenters. The Balaban J connectivity index is 2.52. The number of hydrogen-bond donors (Lipinski definition) is 1. The molecule has 10 heavy (non-hydrogen) atoms. The third-order valence-corrected chi connectivity index (χ3v) is 3.08. The average molecular weight is 142 g/mol. The van der Waals surface area contributed by atoms with Gasteiger partial charge in [-0.2, -0.15) is 0 Å². The standard InChI is InChI=1S/C9H18O/c1-7-6-8(10)4-5-9(7,2)3/h7-8,10H,4-6H2,1-3H3. The van der Waals surface area contributed by atoms with Crippen molar-refractivity contribution in [1.82, 2.24) is 0 Å². The molecule has 1 saturated carbocycles. The lowest BCUT2D eigenvalue weighted by molar-refractivity contribution is 0.0367. The van der Waals surface area contributed by atoms with Gasteiger partial charge in [0.05, 0.1) is 6.10 Å². The molecular formula is C9H18O. The Morgan fingerprint density at radius 3 is 2.40 bits per heavy atom. The first kappa shape index (κ1) is 8.06. The molecule has 0 bridgehead atoms. The first-order chi connectivity index (χ1) is 4.52. The molecule has 0 saturated heterocycles. The molecule has 60 valence electrons. The van der Waals surface area contributed by atoms with E-state index in [1.54, 1.807) is 0 Å². The van der Waals surface area contributed by atoms with Gasteiger partial charge in [-0.15, -0.1) is 0 Å². The molecule has 0 aromatic rings. The van der Waals surface area contributed by atoms with Crippen molar-refractivity contribution < 1.29 is 5.11 Å². The Kier molecular flexibility index (Phi) is 2.04. The predicted octanol–water partition coefficient (Wildman–Crippen LogP) is 2.19. The van der Waals surface area contributed by atoms with E-state index < -0.39 is 0 Å². The second-order valence-electron chi connectivity index (χ2n) is 4.32. The minimum Gasteiger partial charge on any atom is -0.393 e. The maximum Gasteiger partial charge on any atom is 0.0543 e. The fourth-order valence-electron chi connectivity index (χ4n) is 1.63. The molecule has 0 radical (unpaired) electrons. The molecule has 1 nitrogen and oxygen atoms in total. The summed E-state index contributed by atoms with van der Waals surface area (Å²) in [5.74, 6) is 0.677. The maximum absolute atomic E-state index is 9.31. The molecular weight excluding hydrogens is 124 g/mol. The van der Waals surface area contributed by atoms with Crippen LogP contribution in [0.4, 0.5) is 0 Å². The van der Waals surface area contributed by atoms with Gasteiger partial charge in [0.15, 0.2) is 0 Å². The van der Waals surface area contributed by atoms with Gasteiger partial charge in [-0.25, -0.2) is 0 Å². The van der Waals surface area contributed by atoms with Gasteiger partial charge in [-0.05, 0) is 30.6 Å². The van der Waals surface area contributed by atoms with Gasteiger partial charge >= 0.3 is 0 Å². The molecule has 0 aliphatic heterocycles. The SMILES string of the molecule is CC1CC(O)CCC1(C)C. The van der Waals surface area contributed by atoms with Crippen LogP contribution in [0.25, 0.3) is 0 Å². The number of rotatable bonds is 0. The van der Waals surface area contributed by atoms with Crippen LogP contribution in [0, 0.1) is 11.3 Å². The van der Waals surface area contributed by atoms with Crippen molar-refractivity contribution in [2.45, 2.75) is 46.1 Å². The Bertz CT molecular complexity index is 118. The summed E-state index contributed by atoms with van der Waals surface area (Å²) < 4.78 is 0. The van der Waals surface area contributed by atoms with E-state index in [1.807, 2.05) is 0 Å². The van der Waals surface area contributed by atoms with E-state index in [2.05, 4.69) is 20.8 Å². The van der Waals surface area contributed by atoms with E-state index in [0.29, 0.717) is 11.3 Å². The molecule has 0 aromatic heterocycles. The van der Waals surface area contributed by atoms with Crippen LogP contribution in [0.1, 0.15) is 40.0 Å². The molecule has 0 heterocycles. The summed E-state index contributed by atoms with van der Waals surface area (Å²) >= 11 is 0. The molecule has 1 aliphatic rings. The molecule has 1 fully saturated rings. The molecule has 0 spiro atoms. The quantitative estimate of drug-likeness (QED) is 0.549. The van der Waals surface area contributed by atoms with Crippen LogP contribution >= 0.6 is 0 Å². The topological polar surface area (TPSA) is 20.2 Å². The van der Waals surface area contributed by atoms with Crippen molar-refractivity contribution in [2.75, 3.05) is 0 Å². The van der Waals surface area contributed by atoms with Gasteiger partial charge in [0, 0.05) is 0 Å². The largest absolute Gasteiger partial charge is 0.393 e. The minimum absolute atomic E-state index is 0.0250. The lowest BCUT2D eigenvalue weighted by Gasteiger charge is -2.38. The van der Waals surface area contributed by atoms with Gasteiger partial charge in [-0.1, -0.05) is 20.8 Å². The Labute approximate surface area is 63.4 Å². The lowest BCUT2D eigenvalue weighted by Crippen LogP contribution is -2.32. The smallest absolute Gasteiger partial charge is 0.0543 e. The Morgan fingerprint density at radius 1 is 1.40 bits per heavy atom. The molecule has 0 aromatic carbocycles. The maximum atomic E-state index is 9.31. The van der Waals surface area contributed by atoms with Crippen LogP contribution in [0.15, 0.2) is 0 Å². The van der Waals surface area contributed by atoms with Crippen LogP contribution in [0.5, 0.6) is 0 Å². The summed E-state index contributed by atoms with van der Waals surface area (Å²) in [6, 6.07) is 0. The van der Waals surface area contributed by atoms with Crippen molar-refractivity contribution in [3.8, 4) is 0 Å². The third kappa shape index (κ3) is 1.51. The van der Waals surface area contributed by atoms with E-state index in [-0.39, 0.29) is 6.10 Å². The fraction of sp³-hybridized carbons (Fsp3) is 1.00. The summed E-state index contributed by atoms with van der Waals surface area (Å²) in [6.07, 6.45) is 3.14. The van der Waals surface area contributed by atoms with Gasteiger partial charge in [0.25, 0.3) is 0 Å². The zero-order chi connectivity index (χ0) is 7.78. The van der Waals surface area contributed by atoms with Crippen LogP contribution in [-0.2, 0) is 0 Å². The van der Waals surface area contributed by atoms with Crippen LogP contribution in [-0.4, -0.2) is 11.2 Å². The molecule has 1 N–H and O–H groups in total. The Morgan fingerprint density at radius 2 is 2.00 bits per heavy atom. The first-order valence-electron chi connectivity index (χ1n) is 4.20. The number of hydrogen-bond acceptors (Lipinski definition) is 1. The minimum atomic E-state index is -0.0250. The van der Waals surface area contributed by atoms with Crippen molar-refractivity contribution in [3.05, 3.63) is 0 Å². The first-order valence-corrected chi connectivity index (χ1v) is 4.20. The summed E-state index contributed by atoms with van der Waals surface area (Å²) in [7, 11) is 0. The monoisotopic (exact) mass is 142 g/mol. The van der Waals surface area contributed by atoms with Crippen LogP contribution in [0.3, 0.4) is 0 Å². The molecule has 1 rings (SSSR count). The zero-order valence-electron chi connectivity index (χ0n) is 7.22. The summed E-state index contributed by atoms with van der Waals surface area (Å²) in [5, 5.41) is 9.31. The van der Waals surface area contributed by atoms with E-state index in [4.69, 9.17) is 0 Å². The van der Waals surface area contributed by atoms with Crippen molar-refractivity contribution in [2.24, 2.45) is 11.3 Å². The van der Waals surface area contributed by atoms with Crippen molar-refractivity contribution in [1.29, 1.82) is 0 Å². The normalized spacial score (nSPS) is 39.6. The fourth-order valence-corrected chi connectivity index (χ4v) is 1.63. The predicted molar refractivity (Wildman–Crippen MR) is 42.8 cm³/mol. The highest BCUT2D eigenvalue weighted by Gasteiger charge is 2.32. The van der Waals surface area contributed by atoms with Gasteiger partial charge in [-0.3, -0.25) is 0 Å². The molecule has 2 atom stereocenters. The van der Waals surface area contributed by atoms with Gasteiger partial charge in [0.1, 0.15) is 0 Å². The third-order valence-electron chi connectivity index (χ3n) is 3.08. The van der Waals surface area contributed by atoms with Crippen LogP contribution in [0.2, 0.25) is 0 Å². The van der Waals surface area contributed by atoms with Gasteiger partial charge in [0.2, 0.25) is 0 Å². The number of aliphatic hydroxyl groups excluding tert-OH is 1. The van der Waals surface area contributed by atoms with Crippen molar-refractivity contribution >= 4 is 0 Å². The van der Waals surface area contributed by atoms with Crippen LogP contribution < -0.4 is 0 Å². The number of aliphatic hydroxyl groups is 1. The zero-order valence-corrected chi connectivity index (χ0v) is 7.22. The molecule has 1 aliphatic carbocycles. The summed E-state index contributed by atoms with van der Waals surface area (Å²) in [4.78, 5) is 0. The van der Waals surface area contributed by atoms with Crippen molar-refractivity contribution in [3.63, 3.8) is 0 Å². The van der Waals surface area contributed by atoms with Gasteiger partial charge < -0.3 is 5.11 Å². The summed E-state index contributed by atoms with van der Waals surface area (Å²) in [6.45, 7) is 6.83. The van der Waals surface area contributed by atoms with E-state index in [0.717, 1.165) is 12.8 Å². The van der Waals surface area contributed by atoms with E-state index >= 15 is 0 Å². The molecule has 0 amide bonds. The highest BCUT2D eigenvalue weighted by atomic mass is 16.3. The molecule has 1 heteroatoms. The summed E-state index contributed by atoms with van der Waals surface area (Å²) in [5.41, 5.74) is 0.458. The average Bonchev–Trinajstić information content (AvgIpc) is 1.81. The highest BCUT2D eigenvalue weighted by Crippen LogP contribution is 2.39. The Hall–Kier alpha value is -0.0400.